The maximum atomic E-state index is 14.0. The molecule has 0 fully saturated rings. The minimum atomic E-state index is -0.0902. The van der Waals surface area contributed by atoms with Crippen LogP contribution in [0.2, 0.25) is 0 Å². The molecule has 4 heteroatoms. The van der Waals surface area contributed by atoms with Crippen molar-refractivity contribution in [3.8, 4) is 20.9 Å². The van der Waals surface area contributed by atoms with Crippen LogP contribution in [0.5, 0.6) is 0 Å². The molecule has 2 nitrogen and oxygen atoms in total. The molecule has 6 rings (SSSR count). The Hall–Kier alpha value is -3.86. The van der Waals surface area contributed by atoms with Crippen molar-refractivity contribution in [3.63, 3.8) is 0 Å². The van der Waals surface area contributed by atoms with Crippen molar-refractivity contribution in [3.05, 3.63) is 129 Å². The van der Waals surface area contributed by atoms with Gasteiger partial charge in [-0.05, 0) is 37.1 Å². The van der Waals surface area contributed by atoms with E-state index in [2.05, 4.69) is 36.4 Å². The number of allylic oxidation sites excluding steroid dienone is 2. The highest BCUT2D eigenvalue weighted by Gasteiger charge is 2.36. The highest BCUT2D eigenvalue weighted by Crippen LogP contribution is 2.45. The second kappa shape index (κ2) is 8.98. The van der Waals surface area contributed by atoms with E-state index in [1.54, 1.807) is 34.8 Å². The summed E-state index contributed by atoms with van der Waals surface area (Å²) in [5, 5.41) is 0. The van der Waals surface area contributed by atoms with Crippen molar-refractivity contribution < 1.29 is 9.59 Å². The topological polar surface area (TPSA) is 34.1 Å². The maximum absolute atomic E-state index is 14.0. The van der Waals surface area contributed by atoms with Crippen molar-refractivity contribution in [2.75, 3.05) is 0 Å². The number of fused-ring (bicyclic) bond motifs is 1. The highest BCUT2D eigenvalue weighted by molar-refractivity contribution is 7.16. The highest BCUT2D eigenvalue weighted by atomic mass is 32.1. The molecular formula is C32H22O2S2. The first-order valence-electron chi connectivity index (χ1n) is 11.8. The molecule has 0 unspecified atom stereocenters. The molecule has 0 radical (unpaired) electrons. The van der Waals surface area contributed by atoms with Gasteiger partial charge in [0.1, 0.15) is 0 Å². The molecule has 0 saturated heterocycles. The van der Waals surface area contributed by atoms with Gasteiger partial charge in [0.15, 0.2) is 11.6 Å². The predicted octanol–water partition coefficient (Wildman–Crippen LogP) is 8.75. The van der Waals surface area contributed by atoms with E-state index in [-0.39, 0.29) is 11.6 Å². The molecule has 0 atom stereocenters. The zero-order valence-corrected chi connectivity index (χ0v) is 21.5. The minimum Gasteiger partial charge on any atom is -0.289 e. The lowest BCUT2D eigenvalue weighted by Gasteiger charge is -2.21. The summed E-state index contributed by atoms with van der Waals surface area (Å²) in [6.07, 6.45) is 0. The first-order chi connectivity index (χ1) is 17.5. The number of carbonyl (C=O) groups excluding carboxylic acids is 2. The summed E-state index contributed by atoms with van der Waals surface area (Å²) in [4.78, 5) is 32.3. The van der Waals surface area contributed by atoms with Gasteiger partial charge in [-0.15, -0.1) is 22.7 Å². The van der Waals surface area contributed by atoms with Crippen molar-refractivity contribution in [1.82, 2.24) is 0 Å². The number of benzene rings is 3. The van der Waals surface area contributed by atoms with Crippen LogP contribution >= 0.6 is 22.7 Å². The average molecular weight is 503 g/mol. The third-order valence-corrected chi connectivity index (χ3v) is 8.81. The SMILES string of the molecule is Cc1sc(-c2ccccc2)cc1C1=C(c2cc(-c3ccccc3)sc2C)C(=O)c2ccccc2C1=O. The van der Waals surface area contributed by atoms with Gasteiger partial charge in [0.2, 0.25) is 0 Å². The van der Waals surface area contributed by atoms with Crippen molar-refractivity contribution in [2.24, 2.45) is 0 Å². The van der Waals surface area contributed by atoms with Crippen LogP contribution in [0.3, 0.4) is 0 Å². The molecule has 2 aromatic heterocycles. The van der Waals surface area contributed by atoms with Gasteiger partial charge in [0, 0.05) is 52.9 Å². The van der Waals surface area contributed by atoms with E-state index in [9.17, 15) is 9.59 Å². The Morgan fingerprint density at radius 2 is 0.833 bits per heavy atom. The first-order valence-corrected chi connectivity index (χ1v) is 13.4. The van der Waals surface area contributed by atoms with E-state index in [4.69, 9.17) is 0 Å². The second-order valence-electron chi connectivity index (χ2n) is 8.85. The van der Waals surface area contributed by atoms with Crippen molar-refractivity contribution in [1.29, 1.82) is 0 Å². The maximum Gasteiger partial charge on any atom is 0.195 e. The van der Waals surface area contributed by atoms with Gasteiger partial charge in [-0.3, -0.25) is 9.59 Å². The minimum absolute atomic E-state index is 0.0902. The average Bonchev–Trinajstić information content (AvgIpc) is 3.49. The van der Waals surface area contributed by atoms with Crippen LogP contribution in [0.25, 0.3) is 32.0 Å². The Bertz CT molecular complexity index is 1540. The number of hydrogen-bond donors (Lipinski definition) is 0. The molecular weight excluding hydrogens is 480 g/mol. The summed E-state index contributed by atoms with van der Waals surface area (Å²) < 4.78 is 0. The Kier molecular flexibility index (Phi) is 5.63. The molecule has 0 saturated carbocycles. The molecule has 0 aliphatic heterocycles. The third-order valence-electron chi connectivity index (χ3n) is 6.61. The smallest absolute Gasteiger partial charge is 0.195 e. The van der Waals surface area contributed by atoms with Gasteiger partial charge >= 0.3 is 0 Å². The molecule has 3 aromatic carbocycles. The predicted molar refractivity (Wildman–Crippen MR) is 151 cm³/mol. The molecule has 0 amide bonds. The lowest BCUT2D eigenvalue weighted by molar-refractivity contribution is 0.101. The van der Waals surface area contributed by atoms with E-state index in [1.165, 1.54) is 0 Å². The fourth-order valence-corrected chi connectivity index (χ4v) is 6.90. The van der Waals surface area contributed by atoms with E-state index in [1.807, 2.05) is 62.4 Å². The number of hydrogen-bond acceptors (Lipinski definition) is 4. The third kappa shape index (κ3) is 3.70. The second-order valence-corrected chi connectivity index (χ2v) is 11.4. The Morgan fingerprint density at radius 3 is 1.22 bits per heavy atom. The van der Waals surface area contributed by atoms with Crippen LogP contribution in [0.15, 0.2) is 97.1 Å². The lowest BCUT2D eigenvalue weighted by atomic mass is 9.78. The van der Waals surface area contributed by atoms with E-state index in [0.717, 1.165) is 41.8 Å². The molecule has 0 spiro atoms. The molecule has 5 aromatic rings. The zero-order valence-electron chi connectivity index (χ0n) is 19.9. The van der Waals surface area contributed by atoms with Gasteiger partial charge in [-0.1, -0.05) is 84.9 Å². The number of Topliss-reactive ketones (excluding diaryl/α,β-unsaturated/α-hetero) is 2. The lowest BCUT2D eigenvalue weighted by Crippen LogP contribution is -2.21. The Morgan fingerprint density at radius 1 is 0.472 bits per heavy atom. The van der Waals surface area contributed by atoms with Crippen LogP contribution in [0.4, 0.5) is 0 Å². The molecule has 0 bridgehead atoms. The molecule has 0 N–H and O–H groups in total. The fraction of sp³-hybridized carbons (Fsp3) is 0.0625. The summed E-state index contributed by atoms with van der Waals surface area (Å²) in [5.74, 6) is -0.180. The van der Waals surface area contributed by atoms with Gasteiger partial charge in [-0.2, -0.15) is 0 Å². The normalized spacial score (nSPS) is 13.3. The number of rotatable bonds is 4. The van der Waals surface area contributed by atoms with Gasteiger partial charge < -0.3 is 0 Å². The zero-order chi connectivity index (χ0) is 24.8. The molecule has 36 heavy (non-hydrogen) atoms. The summed E-state index contributed by atoms with van der Waals surface area (Å²) in [6, 6.07) is 31.7. The number of carbonyl (C=O) groups is 2. The summed E-state index contributed by atoms with van der Waals surface area (Å²) >= 11 is 3.31. The quantitative estimate of drug-likeness (QED) is 0.246. The number of ketones is 2. The van der Waals surface area contributed by atoms with Crippen LogP contribution < -0.4 is 0 Å². The van der Waals surface area contributed by atoms with Gasteiger partial charge in [-0.25, -0.2) is 0 Å². The Balaban J connectivity index is 1.61. The number of aryl methyl sites for hydroxylation is 2. The summed E-state index contributed by atoms with van der Waals surface area (Å²) in [5.41, 5.74) is 5.86. The van der Waals surface area contributed by atoms with Gasteiger partial charge in [0.05, 0.1) is 0 Å². The van der Waals surface area contributed by atoms with E-state index in [0.29, 0.717) is 22.3 Å². The van der Waals surface area contributed by atoms with Crippen LogP contribution in [-0.4, -0.2) is 11.6 Å². The molecule has 174 valence electrons. The largest absolute Gasteiger partial charge is 0.289 e. The molecule has 1 aliphatic carbocycles. The van der Waals surface area contributed by atoms with E-state index >= 15 is 0 Å². The van der Waals surface area contributed by atoms with Gasteiger partial charge in [0.25, 0.3) is 0 Å². The van der Waals surface area contributed by atoms with Crippen LogP contribution in [0.1, 0.15) is 41.6 Å². The van der Waals surface area contributed by atoms with Crippen LogP contribution in [0, 0.1) is 13.8 Å². The van der Waals surface area contributed by atoms with E-state index < -0.39 is 0 Å². The van der Waals surface area contributed by atoms with Crippen molar-refractivity contribution >= 4 is 45.4 Å². The summed E-state index contributed by atoms with van der Waals surface area (Å²) in [6.45, 7) is 4.07. The van der Waals surface area contributed by atoms with Crippen LogP contribution in [-0.2, 0) is 0 Å². The molecule has 1 aliphatic rings. The Labute approximate surface area is 218 Å². The first kappa shape index (κ1) is 22.6. The van der Waals surface area contributed by atoms with Crippen molar-refractivity contribution in [2.45, 2.75) is 13.8 Å². The molecule has 2 heterocycles. The number of thiophene rings is 2. The fourth-order valence-electron chi connectivity index (χ4n) is 4.84. The summed E-state index contributed by atoms with van der Waals surface area (Å²) in [7, 11) is 0. The monoisotopic (exact) mass is 502 g/mol. The standard InChI is InChI=1S/C32H22O2S2/c1-19-25(17-27(35-19)21-11-5-3-6-12-21)29-30(32(34)24-16-10-9-15-23(24)31(29)33)26-18-28(36-20(26)2)22-13-7-4-8-14-22/h3-18H,1-2H3.